The highest BCUT2D eigenvalue weighted by molar-refractivity contribution is 7.99. The summed E-state index contributed by atoms with van der Waals surface area (Å²) in [7, 11) is 0. The van der Waals surface area contributed by atoms with Gasteiger partial charge in [0.1, 0.15) is 0 Å². The fourth-order valence-electron chi connectivity index (χ4n) is 2.77. The Bertz CT molecular complexity index is 653. The van der Waals surface area contributed by atoms with Gasteiger partial charge in [-0.2, -0.15) is 0 Å². The molecule has 1 nitrogen and oxygen atoms in total. The Kier molecular flexibility index (Phi) is 4.57. The van der Waals surface area contributed by atoms with Crippen LogP contribution in [0.15, 0.2) is 60.0 Å². The lowest BCUT2D eigenvalue weighted by atomic mass is 10.1. The number of anilines is 1. The van der Waals surface area contributed by atoms with Crippen LogP contribution in [-0.4, -0.2) is 11.8 Å². The van der Waals surface area contributed by atoms with Gasteiger partial charge in [0.15, 0.2) is 0 Å². The summed E-state index contributed by atoms with van der Waals surface area (Å²) in [6.07, 6.45) is 4.04. The molecule has 0 bridgehead atoms. The second-order valence-corrected chi connectivity index (χ2v) is 6.76. The van der Waals surface area contributed by atoms with E-state index in [0.29, 0.717) is 6.04 Å². The van der Waals surface area contributed by atoms with Gasteiger partial charge >= 0.3 is 0 Å². The van der Waals surface area contributed by atoms with Gasteiger partial charge < -0.3 is 5.32 Å². The minimum Gasteiger partial charge on any atom is -0.381 e. The summed E-state index contributed by atoms with van der Waals surface area (Å²) in [6, 6.07) is 15.2. The summed E-state index contributed by atoms with van der Waals surface area (Å²) in [5.74, 6) is 0.930. The molecule has 1 unspecified atom stereocenters. The van der Waals surface area contributed by atoms with Gasteiger partial charge in [-0.25, -0.2) is 0 Å². The molecule has 0 amide bonds. The molecule has 0 aliphatic heterocycles. The summed E-state index contributed by atoms with van der Waals surface area (Å²) in [4.78, 5) is 1.28. The zero-order valence-corrected chi connectivity index (χ0v) is 13.4. The van der Waals surface area contributed by atoms with Crippen LogP contribution in [0.25, 0.3) is 0 Å². The number of thioether (sulfide) groups is 1. The van der Waals surface area contributed by atoms with Gasteiger partial charge in [-0.15, -0.1) is 18.3 Å². The van der Waals surface area contributed by atoms with Crippen LogP contribution in [0.4, 0.5) is 5.69 Å². The predicted octanol–water partition coefficient (Wildman–Crippen LogP) is 5.20. The van der Waals surface area contributed by atoms with Gasteiger partial charge in [-0.3, -0.25) is 0 Å². The lowest BCUT2D eigenvalue weighted by Gasteiger charge is -2.16. The first-order chi connectivity index (χ1) is 10.3. The Hall–Kier alpha value is -1.38. The fraction of sp³-hybridized carbons (Fsp3) is 0.222. The Morgan fingerprint density at radius 2 is 2.00 bits per heavy atom. The zero-order chi connectivity index (χ0) is 14.7. The SMILES string of the molecule is C=CCSc1ccccc1NC1Cc2ccc(Cl)cc2C1. The highest BCUT2D eigenvalue weighted by atomic mass is 35.5. The Morgan fingerprint density at radius 1 is 1.19 bits per heavy atom. The molecule has 108 valence electrons. The third-order valence-electron chi connectivity index (χ3n) is 3.70. The van der Waals surface area contributed by atoms with E-state index < -0.39 is 0 Å². The molecular formula is C18H18ClNS. The summed E-state index contributed by atoms with van der Waals surface area (Å²) in [5, 5.41) is 4.52. The number of benzene rings is 2. The normalized spacial score (nSPS) is 16.5. The van der Waals surface area contributed by atoms with Crippen molar-refractivity contribution in [3.05, 3.63) is 71.3 Å². The molecule has 0 aromatic heterocycles. The minimum absolute atomic E-state index is 0.448. The van der Waals surface area contributed by atoms with Gasteiger partial charge in [0.25, 0.3) is 0 Å². The molecule has 1 aliphatic rings. The van der Waals surface area contributed by atoms with Crippen LogP contribution >= 0.6 is 23.4 Å². The molecule has 0 fully saturated rings. The van der Waals surface area contributed by atoms with Gasteiger partial charge in [0.2, 0.25) is 0 Å². The van der Waals surface area contributed by atoms with E-state index in [9.17, 15) is 0 Å². The van der Waals surface area contributed by atoms with Crippen LogP contribution in [0, 0.1) is 0 Å². The molecule has 3 heteroatoms. The van der Waals surface area contributed by atoms with Gasteiger partial charge in [0, 0.05) is 27.4 Å². The predicted molar refractivity (Wildman–Crippen MR) is 93.6 cm³/mol. The third kappa shape index (κ3) is 3.45. The van der Waals surface area contributed by atoms with E-state index in [1.807, 2.05) is 23.9 Å². The molecule has 0 saturated heterocycles. The van der Waals surface area contributed by atoms with Gasteiger partial charge in [0.05, 0.1) is 0 Å². The second-order valence-electron chi connectivity index (χ2n) is 5.26. The monoisotopic (exact) mass is 315 g/mol. The van der Waals surface area contributed by atoms with Gasteiger partial charge in [-0.1, -0.05) is 35.9 Å². The molecule has 1 aliphatic carbocycles. The number of fused-ring (bicyclic) bond motifs is 1. The summed E-state index contributed by atoms with van der Waals surface area (Å²) < 4.78 is 0. The molecule has 0 saturated carbocycles. The standard InChI is InChI=1S/C18H18ClNS/c1-2-9-21-18-6-4-3-5-17(18)20-16-11-13-7-8-15(19)10-14(13)12-16/h2-8,10,16,20H,1,9,11-12H2. The Balaban J connectivity index is 1.73. The smallest absolute Gasteiger partial charge is 0.0480 e. The topological polar surface area (TPSA) is 12.0 Å². The van der Waals surface area contributed by atoms with Crippen LogP contribution in [0.3, 0.4) is 0 Å². The van der Waals surface area contributed by atoms with Crippen molar-refractivity contribution in [3.8, 4) is 0 Å². The van der Waals surface area contributed by atoms with Crippen molar-refractivity contribution in [1.29, 1.82) is 0 Å². The quantitative estimate of drug-likeness (QED) is 0.601. The summed E-state index contributed by atoms with van der Waals surface area (Å²) in [6.45, 7) is 3.79. The average molecular weight is 316 g/mol. The zero-order valence-electron chi connectivity index (χ0n) is 11.8. The molecule has 0 spiro atoms. The largest absolute Gasteiger partial charge is 0.381 e. The molecular weight excluding hydrogens is 298 g/mol. The number of hydrogen-bond acceptors (Lipinski definition) is 2. The van der Waals surface area contributed by atoms with E-state index in [1.54, 1.807) is 0 Å². The summed E-state index contributed by atoms with van der Waals surface area (Å²) >= 11 is 7.90. The van der Waals surface area contributed by atoms with E-state index in [2.05, 4.69) is 48.3 Å². The maximum absolute atomic E-state index is 6.08. The molecule has 0 radical (unpaired) electrons. The lowest BCUT2D eigenvalue weighted by Crippen LogP contribution is -2.19. The maximum Gasteiger partial charge on any atom is 0.0480 e. The first kappa shape index (κ1) is 14.6. The number of halogens is 1. The Morgan fingerprint density at radius 3 is 2.86 bits per heavy atom. The van der Waals surface area contributed by atoms with E-state index >= 15 is 0 Å². The lowest BCUT2D eigenvalue weighted by molar-refractivity contribution is 0.771. The maximum atomic E-state index is 6.08. The van der Waals surface area contributed by atoms with E-state index in [0.717, 1.165) is 23.6 Å². The molecule has 3 rings (SSSR count). The fourth-order valence-corrected chi connectivity index (χ4v) is 3.72. The molecule has 2 aromatic rings. The summed E-state index contributed by atoms with van der Waals surface area (Å²) in [5.41, 5.74) is 4.00. The van der Waals surface area contributed by atoms with Crippen molar-refractivity contribution in [2.24, 2.45) is 0 Å². The van der Waals surface area contributed by atoms with Crippen molar-refractivity contribution >= 4 is 29.1 Å². The highest BCUT2D eigenvalue weighted by Crippen LogP contribution is 2.31. The van der Waals surface area contributed by atoms with Crippen LogP contribution in [0.1, 0.15) is 11.1 Å². The van der Waals surface area contributed by atoms with Crippen molar-refractivity contribution in [1.82, 2.24) is 0 Å². The number of rotatable bonds is 5. The Labute approximate surface area is 135 Å². The number of para-hydroxylation sites is 1. The average Bonchev–Trinajstić information content (AvgIpc) is 2.87. The highest BCUT2D eigenvalue weighted by Gasteiger charge is 2.21. The van der Waals surface area contributed by atoms with E-state index in [-0.39, 0.29) is 0 Å². The second kappa shape index (κ2) is 6.59. The van der Waals surface area contributed by atoms with Crippen molar-refractivity contribution in [2.75, 3.05) is 11.1 Å². The van der Waals surface area contributed by atoms with E-state index in [4.69, 9.17) is 11.6 Å². The third-order valence-corrected chi connectivity index (χ3v) is 5.01. The first-order valence-corrected chi connectivity index (χ1v) is 8.49. The molecule has 21 heavy (non-hydrogen) atoms. The van der Waals surface area contributed by atoms with Crippen molar-refractivity contribution < 1.29 is 0 Å². The molecule has 2 aromatic carbocycles. The van der Waals surface area contributed by atoms with Crippen LogP contribution in [0.2, 0.25) is 5.02 Å². The van der Waals surface area contributed by atoms with E-state index in [1.165, 1.54) is 21.7 Å². The van der Waals surface area contributed by atoms with Crippen LogP contribution in [0.5, 0.6) is 0 Å². The van der Waals surface area contributed by atoms with Crippen LogP contribution in [-0.2, 0) is 12.8 Å². The number of nitrogens with one attached hydrogen (secondary N) is 1. The van der Waals surface area contributed by atoms with Gasteiger partial charge in [-0.05, 0) is 48.2 Å². The first-order valence-electron chi connectivity index (χ1n) is 7.13. The molecule has 1 N–H and O–H groups in total. The van der Waals surface area contributed by atoms with Crippen molar-refractivity contribution in [2.45, 2.75) is 23.8 Å². The van der Waals surface area contributed by atoms with Crippen LogP contribution < -0.4 is 5.32 Å². The molecule has 0 heterocycles. The van der Waals surface area contributed by atoms with Crippen molar-refractivity contribution in [3.63, 3.8) is 0 Å². The minimum atomic E-state index is 0.448. The number of hydrogen-bond donors (Lipinski definition) is 1. The molecule has 1 atom stereocenters.